The number of hydrogen-bond donors (Lipinski definition) is 1. The molecule has 0 aliphatic carbocycles. The molecule has 0 aromatic rings. The van der Waals surface area contributed by atoms with E-state index in [4.69, 9.17) is 0 Å². The van der Waals surface area contributed by atoms with Gasteiger partial charge in [-0.05, 0) is 37.5 Å². The second-order valence-corrected chi connectivity index (χ2v) is 4.91. The molecule has 2 heteroatoms. The Balaban J connectivity index is 3.36. The lowest BCUT2D eigenvalue weighted by Gasteiger charge is -2.09. The highest BCUT2D eigenvalue weighted by atomic mass is 16.1. The molecule has 0 aliphatic heterocycles. The van der Waals surface area contributed by atoms with Crippen LogP contribution in [0.15, 0.2) is 0 Å². The highest BCUT2D eigenvalue weighted by Gasteiger charge is 2.03. The van der Waals surface area contributed by atoms with Crippen molar-refractivity contribution < 1.29 is 4.79 Å². The molecule has 1 atom stereocenters. The lowest BCUT2D eigenvalue weighted by atomic mass is 10.1. The first-order chi connectivity index (χ1) is 9.20. The Kier molecular flexibility index (Phi) is 12.1. The highest BCUT2D eigenvalue weighted by molar-refractivity contribution is 5.75. The third-order valence-electron chi connectivity index (χ3n) is 3.08. The molecule has 0 saturated heterocycles. The van der Waals surface area contributed by atoms with Crippen molar-refractivity contribution in [1.29, 1.82) is 0 Å². The second kappa shape index (κ2) is 13.0. The molecule has 1 amide bonds. The Bertz CT molecular complexity index is 351. The summed E-state index contributed by atoms with van der Waals surface area (Å²) < 4.78 is 0. The molecule has 0 spiro atoms. The van der Waals surface area contributed by atoms with Gasteiger partial charge in [-0.3, -0.25) is 4.79 Å². The van der Waals surface area contributed by atoms with Gasteiger partial charge in [0.1, 0.15) is 0 Å². The van der Waals surface area contributed by atoms with Crippen molar-refractivity contribution >= 4 is 5.91 Å². The Morgan fingerprint density at radius 3 is 2.58 bits per heavy atom. The summed E-state index contributed by atoms with van der Waals surface area (Å²) in [5.74, 6) is 12.1. The van der Waals surface area contributed by atoms with Crippen LogP contribution in [-0.2, 0) is 4.79 Å². The molecule has 0 saturated carbocycles. The maximum Gasteiger partial charge on any atom is 0.220 e. The third kappa shape index (κ3) is 12.8. The van der Waals surface area contributed by atoms with Gasteiger partial charge in [0.05, 0.1) is 0 Å². The largest absolute Gasteiger partial charge is 0.356 e. The third-order valence-corrected chi connectivity index (χ3v) is 3.08. The molecule has 0 bridgehead atoms. The van der Waals surface area contributed by atoms with Crippen molar-refractivity contribution in [2.75, 3.05) is 6.54 Å². The van der Waals surface area contributed by atoms with Crippen LogP contribution in [0, 0.1) is 29.6 Å². The van der Waals surface area contributed by atoms with Crippen molar-refractivity contribution in [3.63, 3.8) is 0 Å². The first kappa shape index (κ1) is 17.6. The first-order valence-electron chi connectivity index (χ1n) is 7.37. The van der Waals surface area contributed by atoms with Gasteiger partial charge in [-0.15, -0.1) is 0 Å². The van der Waals surface area contributed by atoms with Gasteiger partial charge in [0.25, 0.3) is 0 Å². The van der Waals surface area contributed by atoms with Crippen LogP contribution in [0.3, 0.4) is 0 Å². The van der Waals surface area contributed by atoms with Gasteiger partial charge >= 0.3 is 0 Å². The molecule has 0 rings (SSSR count). The van der Waals surface area contributed by atoms with E-state index in [0.29, 0.717) is 12.3 Å². The zero-order chi connectivity index (χ0) is 14.3. The maximum atomic E-state index is 11.5. The lowest BCUT2D eigenvalue weighted by molar-refractivity contribution is -0.121. The highest BCUT2D eigenvalue weighted by Crippen LogP contribution is 2.05. The average Bonchev–Trinajstić information content (AvgIpc) is 2.42. The maximum absolute atomic E-state index is 11.5. The summed E-state index contributed by atoms with van der Waals surface area (Å²) in [6.45, 7) is 6.90. The quantitative estimate of drug-likeness (QED) is 0.499. The van der Waals surface area contributed by atoms with Crippen LogP contribution in [-0.4, -0.2) is 12.5 Å². The minimum Gasteiger partial charge on any atom is -0.356 e. The minimum absolute atomic E-state index is 0.193. The molecule has 0 radical (unpaired) electrons. The number of unbranched alkanes of at least 4 members (excludes halogenated alkanes) is 4. The van der Waals surface area contributed by atoms with Crippen LogP contribution < -0.4 is 5.32 Å². The van der Waals surface area contributed by atoms with Crippen molar-refractivity contribution in [2.24, 2.45) is 5.92 Å². The van der Waals surface area contributed by atoms with E-state index in [1.807, 2.05) is 0 Å². The van der Waals surface area contributed by atoms with Gasteiger partial charge in [-0.2, -0.15) is 0 Å². The fourth-order valence-electron chi connectivity index (χ4n) is 1.54. The van der Waals surface area contributed by atoms with Gasteiger partial charge in [-0.25, -0.2) is 0 Å². The average molecular weight is 261 g/mol. The summed E-state index contributed by atoms with van der Waals surface area (Å²) in [5, 5.41) is 2.98. The summed E-state index contributed by atoms with van der Waals surface area (Å²) in [4.78, 5) is 11.5. The van der Waals surface area contributed by atoms with Crippen LogP contribution >= 0.6 is 0 Å². The summed E-state index contributed by atoms with van der Waals surface area (Å²) in [7, 11) is 0. The van der Waals surface area contributed by atoms with Gasteiger partial charge in [0, 0.05) is 19.4 Å². The van der Waals surface area contributed by atoms with Crippen molar-refractivity contribution in [2.45, 2.75) is 65.7 Å². The summed E-state index contributed by atoms with van der Waals surface area (Å²) in [5.41, 5.74) is 0. The molecule has 0 aromatic carbocycles. The van der Waals surface area contributed by atoms with E-state index in [1.54, 1.807) is 6.92 Å². The van der Waals surface area contributed by atoms with Gasteiger partial charge in [0.2, 0.25) is 5.91 Å². The van der Waals surface area contributed by atoms with Crippen LogP contribution in [0.2, 0.25) is 0 Å². The van der Waals surface area contributed by atoms with E-state index in [0.717, 1.165) is 45.1 Å². The standard InChI is InChI=1S/C17H27NO/c1-4-6-7-8-9-10-11-12-13-14-17(19)18-15-16(3)5-2/h16H,5,9-15H2,1-3H3,(H,18,19). The molecule has 2 nitrogen and oxygen atoms in total. The molecular weight excluding hydrogens is 234 g/mol. The topological polar surface area (TPSA) is 29.1 Å². The number of rotatable bonds is 9. The first-order valence-corrected chi connectivity index (χ1v) is 7.37. The van der Waals surface area contributed by atoms with Crippen LogP contribution in [0.25, 0.3) is 0 Å². The lowest BCUT2D eigenvalue weighted by Crippen LogP contribution is -2.27. The molecule has 1 unspecified atom stereocenters. The predicted molar refractivity (Wildman–Crippen MR) is 81.4 cm³/mol. The van der Waals surface area contributed by atoms with E-state index >= 15 is 0 Å². The molecule has 0 heterocycles. The Morgan fingerprint density at radius 1 is 1.16 bits per heavy atom. The second-order valence-electron chi connectivity index (χ2n) is 4.91. The number of carbonyl (C=O) groups is 1. The van der Waals surface area contributed by atoms with E-state index in [-0.39, 0.29) is 5.91 Å². The summed E-state index contributed by atoms with van der Waals surface area (Å²) in [6, 6.07) is 0. The molecule has 19 heavy (non-hydrogen) atoms. The summed E-state index contributed by atoms with van der Waals surface area (Å²) >= 11 is 0. The predicted octanol–water partition coefficient (Wildman–Crippen LogP) is 3.52. The van der Waals surface area contributed by atoms with E-state index in [1.165, 1.54) is 0 Å². The Hall–Kier alpha value is -1.41. The molecule has 1 N–H and O–H groups in total. The monoisotopic (exact) mass is 261 g/mol. The zero-order valence-electron chi connectivity index (χ0n) is 12.6. The van der Waals surface area contributed by atoms with E-state index in [2.05, 4.69) is 42.8 Å². The van der Waals surface area contributed by atoms with Gasteiger partial charge in [-0.1, -0.05) is 45.0 Å². The number of nitrogens with one attached hydrogen (secondary N) is 1. The van der Waals surface area contributed by atoms with E-state index in [9.17, 15) is 4.79 Å². The molecular formula is C17H27NO. The van der Waals surface area contributed by atoms with Crippen LogP contribution in [0.4, 0.5) is 0 Å². The van der Waals surface area contributed by atoms with Crippen LogP contribution in [0.1, 0.15) is 65.7 Å². The Morgan fingerprint density at radius 2 is 1.89 bits per heavy atom. The fraction of sp³-hybridized carbons (Fsp3) is 0.706. The Labute approximate surface area is 118 Å². The van der Waals surface area contributed by atoms with E-state index < -0.39 is 0 Å². The molecule has 0 fully saturated rings. The number of amides is 1. The SMILES string of the molecule is CC#CC#CCCCCCCC(=O)NCC(C)CC. The van der Waals surface area contributed by atoms with Crippen molar-refractivity contribution in [3.05, 3.63) is 0 Å². The van der Waals surface area contributed by atoms with Crippen molar-refractivity contribution in [3.8, 4) is 23.7 Å². The normalized spacial score (nSPS) is 10.7. The minimum atomic E-state index is 0.193. The fourth-order valence-corrected chi connectivity index (χ4v) is 1.54. The van der Waals surface area contributed by atoms with Crippen molar-refractivity contribution in [1.82, 2.24) is 5.32 Å². The zero-order valence-corrected chi connectivity index (χ0v) is 12.6. The molecule has 0 aromatic heterocycles. The molecule has 0 aliphatic rings. The number of carbonyl (C=O) groups excluding carboxylic acids is 1. The molecule has 106 valence electrons. The van der Waals surface area contributed by atoms with Gasteiger partial charge in [0.15, 0.2) is 0 Å². The van der Waals surface area contributed by atoms with Crippen LogP contribution in [0.5, 0.6) is 0 Å². The smallest absolute Gasteiger partial charge is 0.220 e. The number of hydrogen-bond acceptors (Lipinski definition) is 1. The van der Waals surface area contributed by atoms with Gasteiger partial charge < -0.3 is 5.32 Å². The summed E-state index contributed by atoms with van der Waals surface area (Å²) in [6.07, 6.45) is 7.02.